The number of methoxy groups -OCH3 is 1. The number of ether oxygens (including phenoxy) is 1. The van der Waals surface area contributed by atoms with Crippen LogP contribution in [-0.2, 0) is 4.74 Å². The van der Waals surface area contributed by atoms with Gasteiger partial charge in [-0.1, -0.05) is 36.4 Å². The van der Waals surface area contributed by atoms with Gasteiger partial charge in [-0.3, -0.25) is 0 Å². The first-order valence-corrected chi connectivity index (χ1v) is 8.23. The zero-order valence-corrected chi connectivity index (χ0v) is 13.1. The summed E-state index contributed by atoms with van der Waals surface area (Å²) in [6.45, 7) is 0.854. The predicted octanol–water partition coefficient (Wildman–Crippen LogP) is 3.87. The summed E-state index contributed by atoms with van der Waals surface area (Å²) in [5.74, 6) is 2.25. The first-order chi connectivity index (χ1) is 9.85. The fourth-order valence-corrected chi connectivity index (χ4v) is 3.36. The van der Waals surface area contributed by atoms with E-state index in [1.165, 1.54) is 16.3 Å². The van der Waals surface area contributed by atoms with Crippen LogP contribution in [0.1, 0.15) is 18.0 Å². The highest BCUT2D eigenvalue weighted by Gasteiger charge is 2.09. The molecule has 0 aliphatic rings. The predicted molar refractivity (Wildman–Crippen MR) is 89.6 cm³/mol. The average molecular weight is 289 g/mol. The fourth-order valence-electron chi connectivity index (χ4n) is 2.28. The number of rotatable bonds is 8. The summed E-state index contributed by atoms with van der Waals surface area (Å²) in [7, 11) is 3.80. The fraction of sp³-hybridized carbons (Fsp3) is 0.412. The van der Waals surface area contributed by atoms with Gasteiger partial charge in [-0.05, 0) is 41.6 Å². The van der Waals surface area contributed by atoms with Crippen LogP contribution in [0.4, 0.5) is 0 Å². The molecule has 0 saturated heterocycles. The van der Waals surface area contributed by atoms with E-state index in [4.69, 9.17) is 4.74 Å². The molecule has 0 radical (unpaired) electrons. The van der Waals surface area contributed by atoms with Crippen molar-refractivity contribution in [2.24, 2.45) is 0 Å². The van der Waals surface area contributed by atoms with Crippen LogP contribution in [0.3, 0.4) is 0 Å². The normalized spacial score (nSPS) is 12.7. The minimum atomic E-state index is 0.409. The van der Waals surface area contributed by atoms with Gasteiger partial charge in [0, 0.05) is 25.5 Å². The number of hydrogen-bond donors (Lipinski definition) is 1. The van der Waals surface area contributed by atoms with Gasteiger partial charge in [-0.2, -0.15) is 11.8 Å². The molecule has 0 heterocycles. The van der Waals surface area contributed by atoms with E-state index in [2.05, 4.69) is 47.8 Å². The van der Waals surface area contributed by atoms with Crippen molar-refractivity contribution in [2.75, 3.05) is 32.3 Å². The molecule has 108 valence electrons. The van der Waals surface area contributed by atoms with Crippen LogP contribution < -0.4 is 5.32 Å². The van der Waals surface area contributed by atoms with Crippen LogP contribution in [0.2, 0.25) is 0 Å². The van der Waals surface area contributed by atoms with Gasteiger partial charge in [0.25, 0.3) is 0 Å². The molecule has 2 aromatic carbocycles. The molecule has 0 bridgehead atoms. The zero-order chi connectivity index (χ0) is 14.2. The van der Waals surface area contributed by atoms with Crippen LogP contribution in [0, 0.1) is 0 Å². The van der Waals surface area contributed by atoms with E-state index < -0.39 is 0 Å². The average Bonchev–Trinajstić information content (AvgIpc) is 2.50. The Kier molecular flexibility index (Phi) is 6.37. The van der Waals surface area contributed by atoms with Crippen molar-refractivity contribution in [1.29, 1.82) is 0 Å². The van der Waals surface area contributed by atoms with Gasteiger partial charge in [0.1, 0.15) is 0 Å². The second kappa shape index (κ2) is 8.30. The highest BCUT2D eigenvalue weighted by atomic mass is 32.2. The molecule has 1 atom stereocenters. The Balaban J connectivity index is 1.98. The van der Waals surface area contributed by atoms with Gasteiger partial charge in [0.15, 0.2) is 0 Å². The van der Waals surface area contributed by atoms with Crippen molar-refractivity contribution in [3.63, 3.8) is 0 Å². The lowest BCUT2D eigenvalue weighted by molar-refractivity contribution is 0.200. The maximum absolute atomic E-state index is 5.08. The molecule has 2 aromatic rings. The number of benzene rings is 2. The number of fused-ring (bicyclic) bond motifs is 1. The van der Waals surface area contributed by atoms with Crippen LogP contribution in [-0.4, -0.2) is 32.3 Å². The number of hydrogen-bond acceptors (Lipinski definition) is 3. The summed E-state index contributed by atoms with van der Waals surface area (Å²) in [5.41, 5.74) is 1.37. The second-order valence-corrected chi connectivity index (χ2v) is 6.02. The van der Waals surface area contributed by atoms with E-state index >= 15 is 0 Å². The largest absolute Gasteiger partial charge is 0.385 e. The molecule has 0 spiro atoms. The monoisotopic (exact) mass is 289 g/mol. The maximum atomic E-state index is 5.08. The summed E-state index contributed by atoms with van der Waals surface area (Å²) in [5, 5.41) is 6.04. The molecule has 3 heteroatoms. The Hall–Kier alpha value is -1.03. The lowest BCUT2D eigenvalue weighted by Gasteiger charge is -2.17. The Morgan fingerprint density at radius 2 is 1.95 bits per heavy atom. The standard InChI is InChI=1S/C17H23NOS/c1-18-17(13-20-11-5-10-19-2)16-9-8-14-6-3-4-7-15(14)12-16/h3-4,6-9,12,17-18H,5,10-11,13H2,1-2H3. The van der Waals surface area contributed by atoms with Crippen molar-refractivity contribution >= 4 is 22.5 Å². The first-order valence-electron chi connectivity index (χ1n) is 7.08. The molecular formula is C17H23NOS. The highest BCUT2D eigenvalue weighted by molar-refractivity contribution is 7.99. The van der Waals surface area contributed by atoms with Gasteiger partial charge >= 0.3 is 0 Å². The van der Waals surface area contributed by atoms with Crippen molar-refractivity contribution in [3.05, 3.63) is 48.0 Å². The molecule has 0 saturated carbocycles. The minimum Gasteiger partial charge on any atom is -0.385 e. The number of nitrogens with one attached hydrogen (secondary N) is 1. The first kappa shape index (κ1) is 15.4. The molecule has 0 aliphatic heterocycles. The lowest BCUT2D eigenvalue weighted by atomic mass is 10.0. The van der Waals surface area contributed by atoms with E-state index in [0.717, 1.165) is 24.5 Å². The van der Waals surface area contributed by atoms with Crippen LogP contribution >= 0.6 is 11.8 Å². The van der Waals surface area contributed by atoms with E-state index in [1.807, 2.05) is 18.8 Å². The zero-order valence-electron chi connectivity index (χ0n) is 12.3. The summed E-state index contributed by atoms with van der Waals surface area (Å²) in [4.78, 5) is 0. The van der Waals surface area contributed by atoms with Crippen LogP contribution in [0.15, 0.2) is 42.5 Å². The van der Waals surface area contributed by atoms with Gasteiger partial charge in [-0.25, -0.2) is 0 Å². The van der Waals surface area contributed by atoms with Crippen molar-refractivity contribution in [3.8, 4) is 0 Å². The Morgan fingerprint density at radius 1 is 1.15 bits per heavy atom. The van der Waals surface area contributed by atoms with Gasteiger partial charge in [-0.15, -0.1) is 0 Å². The highest BCUT2D eigenvalue weighted by Crippen LogP contribution is 2.23. The van der Waals surface area contributed by atoms with E-state index in [9.17, 15) is 0 Å². The Morgan fingerprint density at radius 3 is 2.70 bits per heavy atom. The van der Waals surface area contributed by atoms with Crippen molar-refractivity contribution < 1.29 is 4.74 Å². The Labute approximate surface area is 125 Å². The quantitative estimate of drug-likeness (QED) is 0.745. The molecule has 1 unspecified atom stereocenters. The molecule has 20 heavy (non-hydrogen) atoms. The molecule has 0 aliphatic carbocycles. The third-order valence-corrected chi connectivity index (χ3v) is 4.59. The second-order valence-electron chi connectivity index (χ2n) is 4.87. The molecule has 0 amide bonds. The van der Waals surface area contributed by atoms with Crippen molar-refractivity contribution in [2.45, 2.75) is 12.5 Å². The molecule has 0 aromatic heterocycles. The van der Waals surface area contributed by atoms with Crippen molar-refractivity contribution in [1.82, 2.24) is 5.32 Å². The van der Waals surface area contributed by atoms with E-state index in [-0.39, 0.29) is 0 Å². The maximum Gasteiger partial charge on any atom is 0.0470 e. The van der Waals surface area contributed by atoms with Gasteiger partial charge < -0.3 is 10.1 Å². The third-order valence-electron chi connectivity index (χ3n) is 3.45. The summed E-state index contributed by atoms with van der Waals surface area (Å²) in [6.07, 6.45) is 1.12. The number of thioether (sulfide) groups is 1. The lowest BCUT2D eigenvalue weighted by Crippen LogP contribution is -2.19. The van der Waals surface area contributed by atoms with Crippen LogP contribution in [0.25, 0.3) is 10.8 Å². The SMILES string of the molecule is CNC(CSCCCOC)c1ccc2ccccc2c1. The van der Waals surface area contributed by atoms with E-state index in [1.54, 1.807) is 7.11 Å². The molecular weight excluding hydrogens is 266 g/mol. The molecule has 2 rings (SSSR count). The third kappa shape index (κ3) is 4.23. The van der Waals surface area contributed by atoms with Crippen LogP contribution in [0.5, 0.6) is 0 Å². The summed E-state index contributed by atoms with van der Waals surface area (Å²) in [6, 6.07) is 15.7. The minimum absolute atomic E-state index is 0.409. The molecule has 1 N–H and O–H groups in total. The topological polar surface area (TPSA) is 21.3 Å². The molecule has 0 fully saturated rings. The smallest absolute Gasteiger partial charge is 0.0470 e. The summed E-state index contributed by atoms with van der Waals surface area (Å²) >= 11 is 1.98. The van der Waals surface area contributed by atoms with E-state index in [0.29, 0.717) is 6.04 Å². The Bertz CT molecular complexity index is 529. The summed E-state index contributed by atoms with van der Waals surface area (Å²) < 4.78 is 5.08. The molecule has 2 nitrogen and oxygen atoms in total. The van der Waals surface area contributed by atoms with Gasteiger partial charge in [0.2, 0.25) is 0 Å². The van der Waals surface area contributed by atoms with Gasteiger partial charge in [0.05, 0.1) is 0 Å².